The first kappa shape index (κ1) is 21.7. The minimum Gasteiger partial charge on any atom is -0.462 e. The lowest BCUT2D eigenvalue weighted by Crippen LogP contribution is -2.36. The van der Waals surface area contributed by atoms with Crippen molar-refractivity contribution in [3.05, 3.63) is 34.2 Å². The van der Waals surface area contributed by atoms with Crippen LogP contribution < -0.4 is 5.32 Å². The monoisotopic (exact) mass is 390 g/mol. The first-order valence-electron chi connectivity index (χ1n) is 9.88. The molecule has 1 aromatic rings. The molecule has 7 nitrogen and oxygen atoms in total. The summed E-state index contributed by atoms with van der Waals surface area (Å²) >= 11 is 0. The number of nitrogens with one attached hydrogen (secondary N) is 2. The van der Waals surface area contributed by atoms with Crippen LogP contribution >= 0.6 is 0 Å². The molecule has 2 rings (SSSR count). The maximum Gasteiger partial charge on any atom is 0.355 e. The number of carbonyl (C=O) groups excluding carboxylic acids is 3. The fourth-order valence-corrected chi connectivity index (χ4v) is 3.36. The van der Waals surface area contributed by atoms with Gasteiger partial charge in [0.2, 0.25) is 0 Å². The van der Waals surface area contributed by atoms with Crippen molar-refractivity contribution in [1.82, 2.24) is 10.3 Å². The van der Waals surface area contributed by atoms with Crippen LogP contribution in [-0.4, -0.2) is 42.1 Å². The number of H-pyrrole nitrogens is 1. The molecule has 0 unspecified atom stereocenters. The Kier molecular flexibility index (Phi) is 7.84. The highest BCUT2D eigenvalue weighted by atomic mass is 16.5. The summed E-state index contributed by atoms with van der Waals surface area (Å²) < 4.78 is 10.3. The number of aromatic nitrogens is 1. The molecule has 0 aliphatic heterocycles. The van der Waals surface area contributed by atoms with E-state index in [2.05, 4.69) is 16.4 Å². The van der Waals surface area contributed by atoms with Gasteiger partial charge in [0, 0.05) is 12.2 Å². The van der Waals surface area contributed by atoms with Crippen LogP contribution in [0.2, 0.25) is 0 Å². The van der Waals surface area contributed by atoms with E-state index in [1.165, 1.54) is 25.3 Å². The van der Waals surface area contributed by atoms with Crippen LogP contribution in [-0.2, 0) is 14.3 Å². The van der Waals surface area contributed by atoms with Gasteiger partial charge in [-0.3, -0.25) is 4.79 Å². The first-order valence-corrected chi connectivity index (χ1v) is 9.88. The van der Waals surface area contributed by atoms with Crippen molar-refractivity contribution < 1.29 is 23.9 Å². The standard InChI is InChI=1S/C21H30N2O5/c1-5-27-20(25)17-13(2)18(23-14(17)3)21(26)28-15(4)19(24)22-12-11-16-9-7-6-8-10-16/h9,15,23H,5-8,10-12H2,1-4H3,(H,22,24)/t15-/m1/s1. The maximum atomic E-state index is 12.5. The average Bonchev–Trinajstić information content (AvgIpc) is 2.97. The summed E-state index contributed by atoms with van der Waals surface area (Å²) in [6.07, 6.45) is 6.78. The van der Waals surface area contributed by atoms with Gasteiger partial charge in [-0.25, -0.2) is 9.59 Å². The molecule has 28 heavy (non-hydrogen) atoms. The van der Waals surface area contributed by atoms with Crippen molar-refractivity contribution in [2.75, 3.05) is 13.2 Å². The lowest BCUT2D eigenvalue weighted by atomic mass is 9.97. The van der Waals surface area contributed by atoms with E-state index < -0.39 is 18.0 Å². The highest BCUT2D eigenvalue weighted by Gasteiger charge is 2.26. The van der Waals surface area contributed by atoms with Crippen molar-refractivity contribution in [2.45, 2.75) is 65.9 Å². The predicted molar refractivity (Wildman–Crippen MR) is 105 cm³/mol. The molecule has 1 aliphatic carbocycles. The van der Waals surface area contributed by atoms with E-state index in [-0.39, 0.29) is 18.2 Å². The molecule has 0 fully saturated rings. The molecule has 0 aromatic carbocycles. The molecule has 154 valence electrons. The van der Waals surface area contributed by atoms with E-state index in [1.807, 2.05) is 0 Å². The van der Waals surface area contributed by atoms with Gasteiger partial charge in [0.1, 0.15) is 5.69 Å². The molecule has 2 N–H and O–H groups in total. The molecule has 1 heterocycles. The zero-order valence-electron chi connectivity index (χ0n) is 17.1. The number of carbonyl (C=O) groups is 3. The molecule has 1 amide bonds. The smallest absolute Gasteiger partial charge is 0.355 e. The number of esters is 2. The average molecular weight is 390 g/mol. The molecule has 1 aliphatic rings. The highest BCUT2D eigenvalue weighted by Crippen LogP contribution is 2.21. The third-order valence-electron chi connectivity index (χ3n) is 4.90. The second-order valence-corrected chi connectivity index (χ2v) is 7.04. The van der Waals surface area contributed by atoms with Crippen molar-refractivity contribution >= 4 is 17.8 Å². The SMILES string of the molecule is CCOC(=O)c1c(C)[nH]c(C(=O)O[C@H](C)C(=O)NCCC2=CCCCC2)c1C. The van der Waals surface area contributed by atoms with E-state index in [0.717, 1.165) is 19.3 Å². The lowest BCUT2D eigenvalue weighted by Gasteiger charge is -2.15. The predicted octanol–water partition coefficient (Wildman–Crippen LogP) is 3.36. The molecule has 0 saturated carbocycles. The number of aromatic amines is 1. The van der Waals surface area contributed by atoms with Gasteiger partial charge in [0.05, 0.1) is 12.2 Å². The number of rotatable bonds is 8. The van der Waals surface area contributed by atoms with Crippen molar-refractivity contribution in [1.29, 1.82) is 0 Å². The van der Waals surface area contributed by atoms with E-state index in [4.69, 9.17) is 9.47 Å². The molecule has 7 heteroatoms. The van der Waals surface area contributed by atoms with Crippen molar-refractivity contribution in [2.24, 2.45) is 0 Å². The Morgan fingerprint density at radius 1 is 1.21 bits per heavy atom. The fraction of sp³-hybridized carbons (Fsp3) is 0.571. The Morgan fingerprint density at radius 2 is 1.96 bits per heavy atom. The molecular formula is C21H30N2O5. The fourth-order valence-electron chi connectivity index (χ4n) is 3.36. The van der Waals surface area contributed by atoms with E-state index >= 15 is 0 Å². The second-order valence-electron chi connectivity index (χ2n) is 7.04. The second kappa shape index (κ2) is 10.1. The van der Waals surface area contributed by atoms with Gasteiger partial charge in [-0.15, -0.1) is 0 Å². The van der Waals surface area contributed by atoms with E-state index in [0.29, 0.717) is 23.4 Å². The van der Waals surface area contributed by atoms with Crippen molar-refractivity contribution in [3.8, 4) is 0 Å². The summed E-state index contributed by atoms with van der Waals surface area (Å²) in [5.74, 6) is -1.50. The van der Waals surface area contributed by atoms with Gasteiger partial charge in [0.15, 0.2) is 6.10 Å². The minimum absolute atomic E-state index is 0.160. The van der Waals surface area contributed by atoms with Gasteiger partial charge in [-0.1, -0.05) is 11.6 Å². The molecule has 0 radical (unpaired) electrons. The number of amides is 1. The molecule has 0 bridgehead atoms. The molecular weight excluding hydrogens is 360 g/mol. The van der Waals surface area contributed by atoms with E-state index in [1.54, 1.807) is 20.8 Å². The first-order chi connectivity index (χ1) is 13.3. The van der Waals surface area contributed by atoms with Gasteiger partial charge < -0.3 is 19.8 Å². The Bertz CT molecular complexity index is 763. The number of hydrogen-bond acceptors (Lipinski definition) is 5. The van der Waals surface area contributed by atoms with Crippen LogP contribution in [0.1, 0.15) is 78.1 Å². The third-order valence-corrected chi connectivity index (χ3v) is 4.90. The molecule has 0 saturated heterocycles. The Balaban J connectivity index is 1.90. The molecule has 0 spiro atoms. The normalized spacial score (nSPS) is 14.8. The summed E-state index contributed by atoms with van der Waals surface area (Å²) in [6, 6.07) is 0. The van der Waals surface area contributed by atoms with Gasteiger partial charge >= 0.3 is 11.9 Å². The summed E-state index contributed by atoms with van der Waals surface area (Å²) in [5, 5.41) is 2.81. The lowest BCUT2D eigenvalue weighted by molar-refractivity contribution is -0.129. The number of hydrogen-bond donors (Lipinski definition) is 2. The van der Waals surface area contributed by atoms with Crippen LogP contribution in [0, 0.1) is 13.8 Å². The molecule has 1 atom stereocenters. The third kappa shape index (κ3) is 5.47. The Morgan fingerprint density at radius 3 is 2.61 bits per heavy atom. The minimum atomic E-state index is -0.929. The quantitative estimate of drug-likeness (QED) is 0.524. The zero-order chi connectivity index (χ0) is 20.7. The summed E-state index contributed by atoms with van der Waals surface area (Å²) in [6.45, 7) is 7.36. The zero-order valence-corrected chi connectivity index (χ0v) is 17.1. The Labute approximate surface area is 165 Å². The van der Waals surface area contributed by atoms with Crippen LogP contribution in [0.25, 0.3) is 0 Å². The summed E-state index contributed by atoms with van der Waals surface area (Å²) in [7, 11) is 0. The van der Waals surface area contributed by atoms with Crippen LogP contribution in [0.5, 0.6) is 0 Å². The maximum absolute atomic E-state index is 12.5. The highest BCUT2D eigenvalue weighted by molar-refractivity contribution is 5.99. The molecule has 1 aromatic heterocycles. The largest absolute Gasteiger partial charge is 0.462 e. The van der Waals surface area contributed by atoms with Crippen LogP contribution in [0.4, 0.5) is 0 Å². The van der Waals surface area contributed by atoms with Gasteiger partial charge in [-0.2, -0.15) is 0 Å². The number of aryl methyl sites for hydroxylation is 1. The Hall–Kier alpha value is -2.57. The summed E-state index contributed by atoms with van der Waals surface area (Å²) in [4.78, 5) is 39.6. The van der Waals surface area contributed by atoms with Gasteiger partial charge in [-0.05, 0) is 65.4 Å². The topological polar surface area (TPSA) is 97.5 Å². The van der Waals surface area contributed by atoms with Crippen molar-refractivity contribution in [3.63, 3.8) is 0 Å². The van der Waals surface area contributed by atoms with Gasteiger partial charge in [0.25, 0.3) is 5.91 Å². The van der Waals surface area contributed by atoms with Crippen LogP contribution in [0.3, 0.4) is 0 Å². The van der Waals surface area contributed by atoms with Crippen LogP contribution in [0.15, 0.2) is 11.6 Å². The number of ether oxygens (including phenoxy) is 2. The number of allylic oxidation sites excluding steroid dienone is 1. The van der Waals surface area contributed by atoms with E-state index in [9.17, 15) is 14.4 Å². The summed E-state index contributed by atoms with van der Waals surface area (Å²) in [5.41, 5.74) is 2.85.